The van der Waals surface area contributed by atoms with Gasteiger partial charge in [0.05, 0.1) is 16.3 Å². The second-order valence-corrected chi connectivity index (χ2v) is 8.53. The van der Waals surface area contributed by atoms with Crippen molar-refractivity contribution >= 4 is 32.7 Å². The maximum absolute atomic E-state index is 11.7. The van der Waals surface area contributed by atoms with Gasteiger partial charge in [-0.2, -0.15) is 9.61 Å². The third-order valence-electron chi connectivity index (χ3n) is 3.84. The minimum Gasteiger partial charge on any atom is -0.284 e. The summed E-state index contributed by atoms with van der Waals surface area (Å²) in [5.41, 5.74) is 2.82. The summed E-state index contributed by atoms with van der Waals surface area (Å²) in [6.45, 7) is 1.60. The van der Waals surface area contributed by atoms with Crippen molar-refractivity contribution in [3.05, 3.63) is 53.9 Å². The van der Waals surface area contributed by atoms with Crippen molar-refractivity contribution in [2.24, 2.45) is 0 Å². The number of thiophene rings is 1. The Morgan fingerprint density at radius 1 is 1.08 bits per heavy atom. The molecule has 26 heavy (non-hydrogen) atoms. The molecule has 0 amide bonds. The number of nitrogens with one attached hydrogen (secondary N) is 1. The minimum absolute atomic E-state index is 0.0338. The lowest BCUT2D eigenvalue weighted by Crippen LogP contribution is -2.14. The Kier molecular flexibility index (Phi) is 4.17. The van der Waals surface area contributed by atoms with E-state index in [4.69, 9.17) is 0 Å². The van der Waals surface area contributed by atoms with Crippen molar-refractivity contribution in [2.75, 3.05) is 10.5 Å². The number of hydrogen-bond donors (Lipinski definition) is 1. The molecule has 9 heteroatoms. The second-order valence-electron chi connectivity index (χ2n) is 5.57. The molecule has 3 heterocycles. The predicted molar refractivity (Wildman–Crippen MR) is 103 cm³/mol. The van der Waals surface area contributed by atoms with Crippen LogP contribution in [0.3, 0.4) is 0 Å². The summed E-state index contributed by atoms with van der Waals surface area (Å²) in [5.74, 6) is 0.732. The van der Waals surface area contributed by atoms with Crippen LogP contribution in [0, 0.1) is 0 Å². The quantitative estimate of drug-likeness (QED) is 0.569. The SMILES string of the molecule is CCS(=O)(=O)Nc1ccc(-c2ccc3nnc(-c4cccs4)n3n2)cc1. The molecule has 0 saturated heterocycles. The molecule has 0 aliphatic heterocycles. The molecule has 1 N–H and O–H groups in total. The number of nitrogens with zero attached hydrogens (tertiary/aromatic N) is 4. The fraction of sp³-hybridized carbons (Fsp3) is 0.118. The standard InChI is InChI=1S/C17H15N5O2S2/c1-2-26(23,24)21-13-7-5-12(6-8-13)14-9-10-16-18-19-17(22(16)20-14)15-4-3-11-25-15/h3-11,21H,2H2,1H3. The highest BCUT2D eigenvalue weighted by Crippen LogP contribution is 2.25. The molecule has 1 aromatic carbocycles. The van der Waals surface area contributed by atoms with E-state index in [2.05, 4.69) is 20.0 Å². The molecule has 4 rings (SSSR count). The summed E-state index contributed by atoms with van der Waals surface area (Å²) in [7, 11) is -3.29. The first-order valence-electron chi connectivity index (χ1n) is 7.93. The summed E-state index contributed by atoms with van der Waals surface area (Å²) in [6.07, 6.45) is 0. The zero-order valence-corrected chi connectivity index (χ0v) is 15.5. The lowest BCUT2D eigenvalue weighted by Gasteiger charge is -2.07. The fourth-order valence-electron chi connectivity index (χ4n) is 2.46. The Labute approximate surface area is 154 Å². The fourth-order valence-corrected chi connectivity index (χ4v) is 3.80. The van der Waals surface area contributed by atoms with Crippen molar-refractivity contribution in [3.63, 3.8) is 0 Å². The van der Waals surface area contributed by atoms with Gasteiger partial charge in [-0.05, 0) is 42.6 Å². The highest BCUT2D eigenvalue weighted by atomic mass is 32.2. The zero-order valence-electron chi connectivity index (χ0n) is 13.8. The number of sulfonamides is 1. The van der Waals surface area contributed by atoms with Crippen LogP contribution in [0.2, 0.25) is 0 Å². The van der Waals surface area contributed by atoms with Gasteiger partial charge in [-0.1, -0.05) is 18.2 Å². The van der Waals surface area contributed by atoms with Crippen molar-refractivity contribution < 1.29 is 8.42 Å². The Bertz CT molecular complexity index is 1150. The lowest BCUT2D eigenvalue weighted by molar-refractivity contribution is 0.602. The van der Waals surface area contributed by atoms with E-state index in [-0.39, 0.29) is 5.75 Å². The molecular formula is C17H15N5O2S2. The van der Waals surface area contributed by atoms with Gasteiger partial charge in [0.2, 0.25) is 10.0 Å². The molecule has 7 nitrogen and oxygen atoms in total. The number of rotatable bonds is 5. The number of hydrogen-bond acceptors (Lipinski definition) is 6. The molecule has 0 fully saturated rings. The Morgan fingerprint density at radius 2 is 1.88 bits per heavy atom. The molecule has 0 spiro atoms. The van der Waals surface area contributed by atoms with Gasteiger partial charge in [0.25, 0.3) is 0 Å². The maximum atomic E-state index is 11.7. The summed E-state index contributed by atoms with van der Waals surface area (Å²) in [5, 5.41) is 15.0. The molecule has 0 bridgehead atoms. The van der Waals surface area contributed by atoms with Crippen molar-refractivity contribution in [3.8, 4) is 22.0 Å². The lowest BCUT2D eigenvalue weighted by atomic mass is 10.1. The van der Waals surface area contributed by atoms with E-state index in [0.717, 1.165) is 16.1 Å². The Balaban J connectivity index is 1.69. The molecule has 0 aliphatic rings. The number of benzene rings is 1. The third kappa shape index (κ3) is 3.18. The molecule has 0 atom stereocenters. The van der Waals surface area contributed by atoms with Crippen molar-refractivity contribution in [1.29, 1.82) is 0 Å². The van der Waals surface area contributed by atoms with E-state index in [9.17, 15) is 8.42 Å². The summed E-state index contributed by atoms with van der Waals surface area (Å²) >= 11 is 1.58. The van der Waals surface area contributed by atoms with E-state index in [1.54, 1.807) is 34.9 Å². The zero-order chi connectivity index (χ0) is 18.1. The number of aromatic nitrogens is 4. The topological polar surface area (TPSA) is 89.2 Å². The van der Waals surface area contributed by atoms with Crippen LogP contribution in [0.4, 0.5) is 5.69 Å². The second kappa shape index (κ2) is 6.50. The molecule has 4 aromatic rings. The van der Waals surface area contributed by atoms with Crippen molar-refractivity contribution in [1.82, 2.24) is 19.8 Å². The van der Waals surface area contributed by atoms with Gasteiger partial charge < -0.3 is 0 Å². The van der Waals surface area contributed by atoms with Gasteiger partial charge in [-0.25, -0.2) is 8.42 Å². The smallest absolute Gasteiger partial charge is 0.232 e. The molecule has 132 valence electrons. The van der Waals surface area contributed by atoms with Gasteiger partial charge in [0.1, 0.15) is 0 Å². The molecule has 0 unspecified atom stereocenters. The highest BCUT2D eigenvalue weighted by Gasteiger charge is 2.12. The van der Waals surface area contributed by atoms with Crippen LogP contribution in [0.5, 0.6) is 0 Å². The minimum atomic E-state index is -3.29. The van der Waals surface area contributed by atoms with Crippen LogP contribution in [0.25, 0.3) is 27.6 Å². The summed E-state index contributed by atoms with van der Waals surface area (Å²) in [6, 6.07) is 14.8. The molecule has 3 aromatic heterocycles. The molecule has 0 aliphatic carbocycles. The van der Waals surface area contributed by atoms with Crippen molar-refractivity contribution in [2.45, 2.75) is 6.92 Å². The first-order valence-corrected chi connectivity index (χ1v) is 10.5. The highest BCUT2D eigenvalue weighted by molar-refractivity contribution is 7.92. The van der Waals surface area contributed by atoms with Gasteiger partial charge in [-0.15, -0.1) is 21.5 Å². The van der Waals surface area contributed by atoms with Gasteiger partial charge in [0, 0.05) is 11.3 Å². The maximum Gasteiger partial charge on any atom is 0.232 e. The molecule has 0 radical (unpaired) electrons. The van der Waals surface area contributed by atoms with E-state index in [1.165, 1.54) is 0 Å². The Hall–Kier alpha value is -2.78. The number of anilines is 1. The largest absolute Gasteiger partial charge is 0.284 e. The number of fused-ring (bicyclic) bond motifs is 1. The normalized spacial score (nSPS) is 11.7. The monoisotopic (exact) mass is 385 g/mol. The average molecular weight is 385 g/mol. The van der Waals surface area contributed by atoms with E-state index < -0.39 is 10.0 Å². The average Bonchev–Trinajstić information content (AvgIpc) is 3.31. The van der Waals surface area contributed by atoms with E-state index >= 15 is 0 Å². The van der Waals surface area contributed by atoms with Crippen LogP contribution in [0.1, 0.15) is 6.92 Å². The van der Waals surface area contributed by atoms with Gasteiger partial charge in [0.15, 0.2) is 11.5 Å². The van der Waals surface area contributed by atoms with E-state index in [1.807, 2.05) is 41.8 Å². The predicted octanol–water partition coefficient (Wildman–Crippen LogP) is 3.28. The first kappa shape index (κ1) is 16.7. The van der Waals surface area contributed by atoms with Crippen LogP contribution in [-0.2, 0) is 10.0 Å². The van der Waals surface area contributed by atoms with Crippen LogP contribution < -0.4 is 4.72 Å². The third-order valence-corrected chi connectivity index (χ3v) is 6.01. The summed E-state index contributed by atoms with van der Waals surface area (Å²) in [4.78, 5) is 0.992. The molecule has 0 saturated carbocycles. The van der Waals surface area contributed by atoms with Crippen LogP contribution >= 0.6 is 11.3 Å². The van der Waals surface area contributed by atoms with Gasteiger partial charge >= 0.3 is 0 Å². The van der Waals surface area contributed by atoms with Crippen LogP contribution in [-0.4, -0.2) is 34.0 Å². The summed E-state index contributed by atoms with van der Waals surface area (Å²) < 4.78 is 27.5. The molecular weight excluding hydrogens is 370 g/mol. The Morgan fingerprint density at radius 3 is 2.58 bits per heavy atom. The van der Waals surface area contributed by atoms with Gasteiger partial charge in [-0.3, -0.25) is 4.72 Å². The van der Waals surface area contributed by atoms with E-state index in [0.29, 0.717) is 17.2 Å². The van der Waals surface area contributed by atoms with Crippen LogP contribution in [0.15, 0.2) is 53.9 Å². The first-order chi connectivity index (χ1) is 12.6.